The Hall–Kier alpha value is -0.410. The van der Waals surface area contributed by atoms with E-state index in [1.165, 1.54) is 29.2 Å². The van der Waals surface area contributed by atoms with Crippen molar-refractivity contribution in [3.05, 3.63) is 16.6 Å². The van der Waals surface area contributed by atoms with Crippen LogP contribution in [0, 0.1) is 0 Å². The van der Waals surface area contributed by atoms with Crippen LogP contribution in [0.15, 0.2) is 5.38 Å². The Labute approximate surface area is 64.2 Å². The minimum atomic E-state index is 0.266. The fourth-order valence-electron chi connectivity index (χ4n) is 1.40. The molecule has 2 rings (SSSR count). The molecule has 2 N–H and O–H groups in total. The average Bonchev–Trinajstić information content (AvgIpc) is 2.36. The van der Waals surface area contributed by atoms with Gasteiger partial charge in [-0.3, -0.25) is 0 Å². The number of rotatable bonds is 0. The predicted molar refractivity (Wildman–Crippen MR) is 42.0 cm³/mol. The summed E-state index contributed by atoms with van der Waals surface area (Å²) in [5.74, 6) is 0. The molecule has 0 bridgehead atoms. The zero-order valence-corrected chi connectivity index (χ0v) is 6.53. The summed E-state index contributed by atoms with van der Waals surface area (Å²) in [7, 11) is 0. The van der Waals surface area contributed by atoms with Crippen molar-refractivity contribution in [2.24, 2.45) is 5.73 Å². The molecule has 0 saturated carbocycles. The summed E-state index contributed by atoms with van der Waals surface area (Å²) in [6.45, 7) is 0. The van der Waals surface area contributed by atoms with Gasteiger partial charge in [-0.05, 0) is 30.8 Å². The number of aryl methyl sites for hydroxylation is 1. The Bertz CT molecular complexity index is 231. The van der Waals surface area contributed by atoms with Gasteiger partial charge in [-0.2, -0.15) is 4.37 Å². The zero-order valence-electron chi connectivity index (χ0n) is 5.71. The number of aromatic nitrogens is 1. The molecule has 1 heterocycles. The molecule has 0 amide bonds. The quantitative estimate of drug-likeness (QED) is 0.614. The topological polar surface area (TPSA) is 38.9 Å². The second kappa shape index (κ2) is 2.32. The van der Waals surface area contributed by atoms with Crippen LogP contribution in [0.25, 0.3) is 0 Å². The Balaban J connectivity index is 2.41. The van der Waals surface area contributed by atoms with Gasteiger partial charge in [0.15, 0.2) is 0 Å². The lowest BCUT2D eigenvalue weighted by atomic mass is 9.94. The van der Waals surface area contributed by atoms with Gasteiger partial charge >= 0.3 is 0 Å². The van der Waals surface area contributed by atoms with E-state index in [4.69, 9.17) is 5.73 Å². The van der Waals surface area contributed by atoms with E-state index in [1.807, 2.05) is 0 Å². The summed E-state index contributed by atoms with van der Waals surface area (Å²) in [6, 6.07) is 0.266. The highest BCUT2D eigenvalue weighted by Gasteiger charge is 2.17. The first-order chi connectivity index (χ1) is 4.88. The molecule has 0 saturated heterocycles. The molecule has 1 unspecified atom stereocenters. The highest BCUT2D eigenvalue weighted by atomic mass is 32.1. The summed E-state index contributed by atoms with van der Waals surface area (Å²) >= 11 is 1.53. The van der Waals surface area contributed by atoms with E-state index in [1.54, 1.807) is 0 Å². The van der Waals surface area contributed by atoms with Crippen LogP contribution in [0.2, 0.25) is 0 Å². The van der Waals surface area contributed by atoms with Crippen LogP contribution in [-0.2, 0) is 6.42 Å². The third-order valence-corrected chi connectivity index (χ3v) is 2.69. The molecule has 0 aromatic carbocycles. The molecule has 1 aliphatic carbocycles. The monoisotopic (exact) mass is 154 g/mol. The van der Waals surface area contributed by atoms with Crippen molar-refractivity contribution in [3.8, 4) is 0 Å². The summed E-state index contributed by atoms with van der Waals surface area (Å²) < 4.78 is 4.27. The second-order valence-electron chi connectivity index (χ2n) is 2.72. The van der Waals surface area contributed by atoms with Crippen LogP contribution in [0.4, 0.5) is 0 Å². The van der Waals surface area contributed by atoms with Gasteiger partial charge < -0.3 is 5.73 Å². The van der Waals surface area contributed by atoms with E-state index in [2.05, 4.69) is 9.75 Å². The summed E-state index contributed by atoms with van der Waals surface area (Å²) in [6.07, 6.45) is 3.47. The van der Waals surface area contributed by atoms with Gasteiger partial charge in [-0.1, -0.05) is 0 Å². The van der Waals surface area contributed by atoms with Crippen LogP contribution < -0.4 is 5.73 Å². The molecule has 0 radical (unpaired) electrons. The van der Waals surface area contributed by atoms with Gasteiger partial charge in [-0.25, -0.2) is 0 Å². The van der Waals surface area contributed by atoms with Crippen molar-refractivity contribution in [3.63, 3.8) is 0 Å². The largest absolute Gasteiger partial charge is 0.324 e. The van der Waals surface area contributed by atoms with E-state index in [0.717, 1.165) is 12.8 Å². The number of hydrogen-bond acceptors (Lipinski definition) is 3. The van der Waals surface area contributed by atoms with Crippen LogP contribution in [-0.4, -0.2) is 4.37 Å². The van der Waals surface area contributed by atoms with E-state index < -0.39 is 0 Å². The summed E-state index contributed by atoms with van der Waals surface area (Å²) in [4.78, 5) is 0. The molecule has 10 heavy (non-hydrogen) atoms. The van der Waals surface area contributed by atoms with Gasteiger partial charge in [-0.15, -0.1) is 0 Å². The standard InChI is InChI=1S/C7H10N2S/c8-6-2-1-3-7-5(6)4-10-9-7/h4,6H,1-3,8H2. The van der Waals surface area contributed by atoms with Gasteiger partial charge in [0, 0.05) is 17.0 Å². The average molecular weight is 154 g/mol. The van der Waals surface area contributed by atoms with Crippen LogP contribution in [0.3, 0.4) is 0 Å². The Morgan fingerprint density at radius 3 is 3.40 bits per heavy atom. The molecule has 2 nitrogen and oxygen atoms in total. The lowest BCUT2D eigenvalue weighted by Gasteiger charge is -2.16. The lowest BCUT2D eigenvalue weighted by molar-refractivity contribution is 0.567. The van der Waals surface area contributed by atoms with Crippen molar-refractivity contribution < 1.29 is 0 Å². The van der Waals surface area contributed by atoms with E-state index in [-0.39, 0.29) is 6.04 Å². The lowest BCUT2D eigenvalue weighted by Crippen LogP contribution is -2.15. The third-order valence-electron chi connectivity index (χ3n) is 2.00. The Morgan fingerprint density at radius 2 is 2.60 bits per heavy atom. The zero-order chi connectivity index (χ0) is 6.97. The number of nitrogens with two attached hydrogens (primary N) is 1. The Morgan fingerprint density at radius 1 is 1.70 bits per heavy atom. The fraction of sp³-hybridized carbons (Fsp3) is 0.571. The van der Waals surface area contributed by atoms with Crippen LogP contribution in [0.1, 0.15) is 30.1 Å². The van der Waals surface area contributed by atoms with Crippen molar-refractivity contribution in [1.29, 1.82) is 0 Å². The molecule has 3 heteroatoms. The van der Waals surface area contributed by atoms with Crippen molar-refractivity contribution >= 4 is 11.5 Å². The molecule has 0 spiro atoms. The fourth-order valence-corrected chi connectivity index (χ4v) is 2.20. The van der Waals surface area contributed by atoms with E-state index >= 15 is 0 Å². The maximum Gasteiger partial charge on any atom is 0.0589 e. The van der Waals surface area contributed by atoms with E-state index in [0.29, 0.717) is 0 Å². The second-order valence-corrected chi connectivity index (χ2v) is 3.34. The maximum atomic E-state index is 5.86. The van der Waals surface area contributed by atoms with Gasteiger partial charge in [0.05, 0.1) is 5.69 Å². The molecule has 1 aliphatic rings. The molecular weight excluding hydrogens is 144 g/mol. The molecular formula is C7H10N2S. The summed E-state index contributed by atoms with van der Waals surface area (Å²) in [5.41, 5.74) is 8.39. The summed E-state index contributed by atoms with van der Waals surface area (Å²) in [5, 5.41) is 2.08. The molecule has 0 fully saturated rings. The SMILES string of the molecule is NC1CCCc2nscc21. The van der Waals surface area contributed by atoms with E-state index in [9.17, 15) is 0 Å². The first kappa shape index (κ1) is 6.31. The molecule has 0 aliphatic heterocycles. The van der Waals surface area contributed by atoms with Crippen molar-refractivity contribution in [2.45, 2.75) is 25.3 Å². The predicted octanol–water partition coefficient (Wildman–Crippen LogP) is 1.48. The number of hydrogen-bond donors (Lipinski definition) is 1. The minimum absolute atomic E-state index is 0.266. The number of fused-ring (bicyclic) bond motifs is 1. The molecule has 1 atom stereocenters. The highest BCUT2D eigenvalue weighted by Crippen LogP contribution is 2.27. The van der Waals surface area contributed by atoms with Gasteiger partial charge in [0.25, 0.3) is 0 Å². The van der Waals surface area contributed by atoms with Crippen molar-refractivity contribution in [1.82, 2.24) is 4.37 Å². The van der Waals surface area contributed by atoms with Crippen LogP contribution >= 0.6 is 11.5 Å². The maximum absolute atomic E-state index is 5.86. The number of nitrogens with zero attached hydrogens (tertiary/aromatic N) is 1. The minimum Gasteiger partial charge on any atom is -0.324 e. The van der Waals surface area contributed by atoms with Gasteiger partial charge in [0.2, 0.25) is 0 Å². The molecule has 54 valence electrons. The molecule has 1 aromatic rings. The first-order valence-corrected chi connectivity index (χ1v) is 4.40. The molecule has 1 aromatic heterocycles. The smallest absolute Gasteiger partial charge is 0.0589 e. The third kappa shape index (κ3) is 0.859. The van der Waals surface area contributed by atoms with Gasteiger partial charge in [0.1, 0.15) is 0 Å². The normalized spacial score (nSPS) is 24.3. The van der Waals surface area contributed by atoms with Crippen LogP contribution in [0.5, 0.6) is 0 Å². The Kier molecular flexibility index (Phi) is 1.47. The van der Waals surface area contributed by atoms with Crippen molar-refractivity contribution in [2.75, 3.05) is 0 Å². The first-order valence-electron chi connectivity index (χ1n) is 3.56. The highest BCUT2D eigenvalue weighted by molar-refractivity contribution is 7.03.